The van der Waals surface area contributed by atoms with E-state index < -0.39 is 15.1 Å². The van der Waals surface area contributed by atoms with Crippen molar-refractivity contribution in [2.75, 3.05) is 19.0 Å². The van der Waals surface area contributed by atoms with Crippen molar-refractivity contribution in [3.8, 4) is 0 Å². The van der Waals surface area contributed by atoms with Crippen LogP contribution in [0.2, 0.25) is 0 Å². The molecular weight excluding hydrogens is 587 g/mol. The van der Waals surface area contributed by atoms with Gasteiger partial charge in [-0.15, -0.1) is 0 Å². The second-order valence-corrected chi connectivity index (χ2v) is 14.4. The monoisotopic (exact) mass is 629 g/mol. The molecule has 46 heavy (non-hydrogen) atoms. The van der Waals surface area contributed by atoms with E-state index in [1.165, 1.54) is 0 Å². The van der Waals surface area contributed by atoms with E-state index in [1.807, 2.05) is 68.4 Å². The average Bonchev–Trinajstić information content (AvgIpc) is 3.50. The van der Waals surface area contributed by atoms with Crippen LogP contribution in [-0.2, 0) is 22.9 Å². The highest BCUT2D eigenvalue weighted by molar-refractivity contribution is 7.91. The van der Waals surface area contributed by atoms with Crippen molar-refractivity contribution < 1.29 is 8.42 Å². The van der Waals surface area contributed by atoms with Gasteiger partial charge in [0.15, 0.2) is 9.84 Å². The van der Waals surface area contributed by atoms with Crippen molar-refractivity contribution in [2.45, 2.75) is 57.9 Å². The largest absolute Gasteiger partial charge is 0.378 e. The van der Waals surface area contributed by atoms with Crippen molar-refractivity contribution in [1.82, 2.24) is 9.13 Å². The Morgan fingerprint density at radius 2 is 1.17 bits per heavy atom. The highest BCUT2D eigenvalue weighted by Gasteiger charge is 2.31. The molecule has 0 aliphatic heterocycles. The first-order valence-electron chi connectivity index (χ1n) is 16.0. The molecule has 5 nitrogen and oxygen atoms in total. The number of sulfone groups is 1. The van der Waals surface area contributed by atoms with Crippen molar-refractivity contribution in [3.05, 3.63) is 137 Å². The predicted octanol–water partition coefficient (Wildman–Crippen LogP) is 9.27. The van der Waals surface area contributed by atoms with Crippen LogP contribution in [0.5, 0.6) is 0 Å². The molecule has 2 aromatic heterocycles. The van der Waals surface area contributed by atoms with E-state index in [0.29, 0.717) is 4.90 Å². The summed E-state index contributed by atoms with van der Waals surface area (Å²) in [6.45, 7) is 12.3. The number of nitrogens with zero attached hydrogens (tertiary/aromatic N) is 3. The van der Waals surface area contributed by atoms with E-state index in [1.54, 1.807) is 12.1 Å². The fourth-order valence-corrected chi connectivity index (χ4v) is 8.64. The molecule has 6 rings (SSSR count). The number of hydrogen-bond donors (Lipinski definition) is 0. The lowest BCUT2D eigenvalue weighted by atomic mass is 9.91. The van der Waals surface area contributed by atoms with Gasteiger partial charge in [0.25, 0.3) is 0 Å². The highest BCUT2D eigenvalue weighted by atomic mass is 32.2. The minimum absolute atomic E-state index is 0.316. The van der Waals surface area contributed by atoms with Crippen molar-refractivity contribution in [2.24, 2.45) is 0 Å². The van der Waals surface area contributed by atoms with Gasteiger partial charge < -0.3 is 14.0 Å². The lowest BCUT2D eigenvalue weighted by molar-refractivity contribution is 0.590. The summed E-state index contributed by atoms with van der Waals surface area (Å²) >= 11 is 0. The van der Waals surface area contributed by atoms with Crippen molar-refractivity contribution >= 4 is 42.9 Å². The molecule has 0 aliphatic rings. The lowest BCUT2D eigenvalue weighted by Crippen LogP contribution is -2.14. The minimum Gasteiger partial charge on any atom is -0.378 e. The molecule has 6 heteroatoms. The van der Waals surface area contributed by atoms with E-state index in [4.69, 9.17) is 0 Å². The molecule has 0 fully saturated rings. The number of aryl methyl sites for hydroxylation is 3. The minimum atomic E-state index is -3.85. The second-order valence-electron chi connectivity index (χ2n) is 12.3. The lowest BCUT2D eigenvalue weighted by Gasteiger charge is -2.20. The zero-order valence-electron chi connectivity index (χ0n) is 27.9. The first-order chi connectivity index (χ1) is 22.1. The van der Waals surface area contributed by atoms with Crippen LogP contribution in [0.25, 0.3) is 27.4 Å². The Kier molecular flexibility index (Phi) is 8.43. The first-order valence-corrected chi connectivity index (χ1v) is 17.6. The fraction of sp³-hybridized carbons (Fsp3) is 0.250. The van der Waals surface area contributed by atoms with E-state index in [0.717, 1.165) is 79.8 Å². The summed E-state index contributed by atoms with van der Waals surface area (Å²) in [4.78, 5) is 2.34. The van der Waals surface area contributed by atoms with Gasteiger partial charge in [-0.3, -0.25) is 0 Å². The van der Waals surface area contributed by atoms with Crippen LogP contribution < -0.4 is 4.90 Å². The maximum absolute atomic E-state index is 14.8. The Morgan fingerprint density at radius 3 is 1.63 bits per heavy atom. The smallest absolute Gasteiger partial charge is 0.188 e. The van der Waals surface area contributed by atoms with E-state index in [-0.39, 0.29) is 0 Å². The number of aromatic nitrogens is 2. The Bertz CT molecular complexity index is 2090. The average molecular weight is 630 g/mol. The molecule has 2 heterocycles. The molecule has 0 amide bonds. The summed E-state index contributed by atoms with van der Waals surface area (Å²) in [6.07, 6.45) is 2.03. The molecular formula is C40H43N3O2S. The van der Waals surface area contributed by atoms with Crippen LogP contribution in [-0.4, -0.2) is 31.6 Å². The number of para-hydroxylation sites is 2. The van der Waals surface area contributed by atoms with Gasteiger partial charge in [0.05, 0.1) is 4.90 Å². The zero-order chi connectivity index (χ0) is 32.7. The van der Waals surface area contributed by atoms with E-state index in [9.17, 15) is 8.42 Å². The number of fused-ring (bicyclic) bond motifs is 2. The standard InChI is InChI=1S/C40H43N3O2S/c1-8-42-28(4)39(33-14-10-12-16-36(33)42)35(40-29(5)43(9-2)37-17-13-11-15-34(37)40)26-38(30-20-22-31(23-21-30)41(6)7)46(44,45)32-24-18-27(3)19-25-32/h10-26,38H,8-9H2,1-7H3. The van der Waals surface area contributed by atoms with Crippen LogP contribution >= 0.6 is 0 Å². The van der Waals surface area contributed by atoms with Gasteiger partial charge in [-0.25, -0.2) is 8.42 Å². The summed E-state index contributed by atoms with van der Waals surface area (Å²) in [5, 5.41) is 1.32. The molecule has 4 aromatic carbocycles. The Hall–Kier alpha value is -4.55. The summed E-state index contributed by atoms with van der Waals surface area (Å²) in [5.41, 5.74) is 10.4. The van der Waals surface area contributed by atoms with Gasteiger partial charge in [0, 0.05) is 77.2 Å². The molecule has 0 saturated carbocycles. The molecule has 0 radical (unpaired) electrons. The molecule has 0 aliphatic carbocycles. The topological polar surface area (TPSA) is 47.2 Å². The zero-order valence-corrected chi connectivity index (χ0v) is 28.7. The maximum Gasteiger partial charge on any atom is 0.188 e. The Labute approximate surface area is 273 Å². The summed E-state index contributed by atoms with van der Waals surface area (Å²) in [7, 11) is 0.136. The fourth-order valence-electron chi connectivity index (χ4n) is 7.00. The Morgan fingerprint density at radius 1 is 0.696 bits per heavy atom. The van der Waals surface area contributed by atoms with Crippen molar-refractivity contribution in [3.63, 3.8) is 0 Å². The molecule has 236 valence electrons. The summed E-state index contributed by atoms with van der Waals surface area (Å²) in [6, 6.07) is 32.1. The predicted molar refractivity (Wildman–Crippen MR) is 194 cm³/mol. The first kappa shape index (κ1) is 31.4. The molecule has 0 saturated heterocycles. The van der Waals surface area contributed by atoms with Crippen LogP contribution in [0.3, 0.4) is 0 Å². The van der Waals surface area contributed by atoms with Crippen LogP contribution in [0.4, 0.5) is 5.69 Å². The molecule has 6 aromatic rings. The quantitative estimate of drug-likeness (QED) is 0.160. The van der Waals surface area contributed by atoms with Gasteiger partial charge in [0.1, 0.15) is 5.25 Å². The number of hydrogen-bond acceptors (Lipinski definition) is 3. The summed E-state index contributed by atoms with van der Waals surface area (Å²) < 4.78 is 34.3. The normalized spacial score (nSPS) is 12.5. The number of benzene rings is 4. The Balaban J connectivity index is 1.75. The van der Waals surface area contributed by atoms with E-state index in [2.05, 4.69) is 85.4 Å². The number of rotatable bonds is 9. The number of anilines is 1. The second kappa shape index (κ2) is 12.3. The third kappa shape index (κ3) is 5.25. The van der Waals surface area contributed by atoms with Gasteiger partial charge in [-0.05, 0) is 82.2 Å². The summed E-state index contributed by atoms with van der Waals surface area (Å²) in [5.74, 6) is 0. The molecule has 1 atom stereocenters. The SMILES string of the molecule is CCn1c(C)c(C(=CC(c2ccc(N(C)C)cc2)S(=O)(=O)c2ccc(C)cc2)c2c(C)n(CC)c3ccccc23)c2ccccc21. The van der Waals surface area contributed by atoms with E-state index >= 15 is 0 Å². The molecule has 1 unspecified atom stereocenters. The van der Waals surface area contributed by atoms with Gasteiger partial charge in [0.2, 0.25) is 0 Å². The van der Waals surface area contributed by atoms with Crippen LogP contribution in [0.1, 0.15) is 52.7 Å². The maximum atomic E-state index is 14.8. The molecule has 0 bridgehead atoms. The third-order valence-electron chi connectivity index (χ3n) is 9.37. The van der Waals surface area contributed by atoms with Crippen molar-refractivity contribution in [1.29, 1.82) is 0 Å². The molecule has 0 spiro atoms. The highest BCUT2D eigenvalue weighted by Crippen LogP contribution is 2.43. The molecule has 0 N–H and O–H groups in total. The van der Waals surface area contributed by atoms with Gasteiger partial charge in [-0.1, -0.05) is 72.3 Å². The van der Waals surface area contributed by atoms with Gasteiger partial charge in [-0.2, -0.15) is 0 Å². The van der Waals surface area contributed by atoms with Crippen LogP contribution in [0, 0.1) is 20.8 Å². The van der Waals surface area contributed by atoms with Crippen LogP contribution in [0.15, 0.2) is 108 Å². The van der Waals surface area contributed by atoms with Gasteiger partial charge >= 0.3 is 0 Å². The third-order valence-corrected chi connectivity index (χ3v) is 11.4.